The van der Waals surface area contributed by atoms with Gasteiger partial charge in [0.15, 0.2) is 17.4 Å². The molecule has 1 aliphatic rings. The molecular weight excluding hydrogens is 385 g/mol. The van der Waals surface area contributed by atoms with E-state index in [4.69, 9.17) is 16.3 Å². The molecule has 1 aromatic carbocycles. The summed E-state index contributed by atoms with van der Waals surface area (Å²) in [6.07, 6.45) is 1.52. The number of halogens is 2. The Labute approximate surface area is 157 Å². The van der Waals surface area contributed by atoms with Gasteiger partial charge in [0, 0.05) is 25.2 Å². The van der Waals surface area contributed by atoms with E-state index in [1.165, 1.54) is 6.07 Å². The number of hydrogen-bond donors (Lipinski definition) is 1. The molecule has 1 saturated heterocycles. The van der Waals surface area contributed by atoms with Crippen molar-refractivity contribution in [2.75, 3.05) is 19.8 Å². The molecule has 0 unspecified atom stereocenters. The van der Waals surface area contributed by atoms with Crippen molar-refractivity contribution in [2.45, 2.75) is 37.9 Å². The summed E-state index contributed by atoms with van der Waals surface area (Å²) in [7, 11) is -3.72. The average Bonchev–Trinajstić information content (AvgIpc) is 2.63. The molecule has 1 aliphatic heterocycles. The minimum atomic E-state index is -3.72. The van der Waals surface area contributed by atoms with E-state index in [1.807, 2.05) is 6.92 Å². The Hall–Kier alpha value is -1.35. The summed E-state index contributed by atoms with van der Waals surface area (Å²) in [6.45, 7) is 1.90. The number of carbonyl (C=O) groups excluding carboxylic acids is 2. The van der Waals surface area contributed by atoms with Gasteiger partial charge in [-0.15, -0.1) is 0 Å². The lowest BCUT2D eigenvalue weighted by Gasteiger charge is -2.22. The minimum absolute atomic E-state index is 0.133. The number of ether oxygens (including phenoxy) is 1. The largest absolute Gasteiger partial charge is 0.381 e. The molecule has 0 aromatic heterocycles. The lowest BCUT2D eigenvalue weighted by molar-refractivity contribution is 0.0974. The highest BCUT2D eigenvalue weighted by Crippen LogP contribution is 2.23. The first-order valence-electron chi connectivity index (χ1n) is 8.38. The summed E-state index contributed by atoms with van der Waals surface area (Å²) in [5.41, 5.74) is -0.263. The first-order chi connectivity index (χ1) is 12.3. The van der Waals surface area contributed by atoms with Crippen LogP contribution in [0.3, 0.4) is 0 Å². The van der Waals surface area contributed by atoms with Crippen LogP contribution in [0.15, 0.2) is 12.1 Å². The molecule has 1 heterocycles. The third-order valence-electron chi connectivity index (χ3n) is 4.17. The summed E-state index contributed by atoms with van der Waals surface area (Å²) >= 11 is 5.79. The Morgan fingerprint density at radius 2 is 1.92 bits per heavy atom. The summed E-state index contributed by atoms with van der Waals surface area (Å²) < 4.78 is 46.0. The van der Waals surface area contributed by atoms with Gasteiger partial charge < -0.3 is 4.74 Å². The SMILES string of the molecule is CCCC(=O)c1cc(Cl)c(F)c(C(=O)CNS(=O)(=O)C2CCOCC2)c1. The highest BCUT2D eigenvalue weighted by atomic mass is 35.5. The van der Waals surface area contributed by atoms with Crippen LogP contribution in [0, 0.1) is 5.82 Å². The molecule has 2 rings (SSSR count). The molecule has 0 saturated carbocycles. The molecule has 0 bridgehead atoms. The normalized spacial score (nSPS) is 15.8. The van der Waals surface area contributed by atoms with E-state index in [1.54, 1.807) is 0 Å². The van der Waals surface area contributed by atoms with Gasteiger partial charge in [0.1, 0.15) is 0 Å². The molecule has 9 heteroatoms. The fraction of sp³-hybridized carbons (Fsp3) is 0.529. The van der Waals surface area contributed by atoms with Crippen LogP contribution in [0.5, 0.6) is 0 Å². The molecule has 6 nitrogen and oxygen atoms in total. The van der Waals surface area contributed by atoms with Crippen molar-refractivity contribution in [1.29, 1.82) is 0 Å². The summed E-state index contributed by atoms with van der Waals surface area (Å²) in [6, 6.07) is 2.31. The van der Waals surface area contributed by atoms with E-state index >= 15 is 0 Å². The van der Waals surface area contributed by atoms with Gasteiger partial charge >= 0.3 is 0 Å². The second kappa shape index (κ2) is 9.03. The van der Waals surface area contributed by atoms with Crippen molar-refractivity contribution in [3.05, 3.63) is 34.1 Å². The molecule has 1 N–H and O–H groups in total. The van der Waals surface area contributed by atoms with Crippen molar-refractivity contribution < 1.29 is 27.1 Å². The first kappa shape index (κ1) is 21.0. The molecule has 144 valence electrons. The molecular formula is C17H21ClFNO5S. The molecule has 0 atom stereocenters. The van der Waals surface area contributed by atoms with Gasteiger partial charge in [-0.2, -0.15) is 0 Å². The lowest BCUT2D eigenvalue weighted by Crippen LogP contribution is -2.40. The van der Waals surface area contributed by atoms with Crippen LogP contribution < -0.4 is 4.72 Å². The maximum Gasteiger partial charge on any atom is 0.215 e. The van der Waals surface area contributed by atoms with Crippen molar-refractivity contribution in [3.8, 4) is 0 Å². The van der Waals surface area contributed by atoms with Crippen LogP contribution in [0.2, 0.25) is 5.02 Å². The van der Waals surface area contributed by atoms with Crippen LogP contribution in [-0.4, -0.2) is 45.0 Å². The zero-order chi connectivity index (χ0) is 19.3. The highest BCUT2D eigenvalue weighted by molar-refractivity contribution is 7.90. The molecule has 1 fully saturated rings. The third-order valence-corrected chi connectivity index (χ3v) is 6.34. The molecule has 26 heavy (non-hydrogen) atoms. The number of benzene rings is 1. The maximum atomic E-state index is 14.2. The zero-order valence-electron chi connectivity index (χ0n) is 14.4. The Kier molecular flexibility index (Phi) is 7.28. The van der Waals surface area contributed by atoms with E-state index in [9.17, 15) is 22.4 Å². The van der Waals surface area contributed by atoms with Crippen molar-refractivity contribution in [2.24, 2.45) is 0 Å². The predicted molar refractivity (Wildman–Crippen MR) is 95.7 cm³/mol. The Bertz CT molecular complexity index is 791. The summed E-state index contributed by atoms with van der Waals surface area (Å²) in [4.78, 5) is 24.3. The minimum Gasteiger partial charge on any atom is -0.381 e. The quantitative estimate of drug-likeness (QED) is 0.671. The number of sulfonamides is 1. The fourth-order valence-electron chi connectivity index (χ4n) is 2.69. The van der Waals surface area contributed by atoms with Gasteiger partial charge in [0.25, 0.3) is 0 Å². The third kappa shape index (κ3) is 5.09. The van der Waals surface area contributed by atoms with Crippen LogP contribution >= 0.6 is 11.6 Å². The number of nitrogens with one attached hydrogen (secondary N) is 1. The van der Waals surface area contributed by atoms with Crippen molar-refractivity contribution in [3.63, 3.8) is 0 Å². The fourth-order valence-corrected chi connectivity index (χ4v) is 4.29. The monoisotopic (exact) mass is 405 g/mol. The van der Waals surface area contributed by atoms with Crippen LogP contribution in [0.25, 0.3) is 0 Å². The van der Waals surface area contributed by atoms with Gasteiger partial charge in [0.05, 0.1) is 22.4 Å². The van der Waals surface area contributed by atoms with Gasteiger partial charge in [-0.3, -0.25) is 9.59 Å². The number of Topliss-reactive ketones (excluding diaryl/α,β-unsaturated/α-hetero) is 2. The van der Waals surface area contributed by atoms with Gasteiger partial charge in [0.2, 0.25) is 10.0 Å². The second-order valence-electron chi connectivity index (χ2n) is 6.09. The number of hydrogen-bond acceptors (Lipinski definition) is 5. The topological polar surface area (TPSA) is 89.5 Å². The Morgan fingerprint density at radius 1 is 1.27 bits per heavy atom. The second-order valence-corrected chi connectivity index (χ2v) is 8.55. The van der Waals surface area contributed by atoms with E-state index in [0.717, 1.165) is 6.07 Å². The predicted octanol–water partition coefficient (Wildman–Crippen LogP) is 2.74. The maximum absolute atomic E-state index is 14.2. The average molecular weight is 406 g/mol. The van der Waals surface area contributed by atoms with Crippen molar-refractivity contribution in [1.82, 2.24) is 4.72 Å². The highest BCUT2D eigenvalue weighted by Gasteiger charge is 2.28. The lowest BCUT2D eigenvalue weighted by atomic mass is 10.0. The van der Waals surface area contributed by atoms with Crippen molar-refractivity contribution >= 4 is 33.2 Å². The van der Waals surface area contributed by atoms with E-state index in [0.29, 0.717) is 32.5 Å². The first-order valence-corrected chi connectivity index (χ1v) is 10.3. The van der Waals surface area contributed by atoms with E-state index < -0.39 is 39.0 Å². The molecule has 0 spiro atoms. The molecule has 0 aliphatic carbocycles. The molecule has 1 aromatic rings. The van der Waals surface area contributed by atoms with Crippen LogP contribution in [0.1, 0.15) is 53.3 Å². The van der Waals surface area contributed by atoms with E-state index in [-0.39, 0.29) is 22.8 Å². The molecule has 0 radical (unpaired) electrons. The van der Waals surface area contributed by atoms with Gasteiger partial charge in [-0.05, 0) is 31.4 Å². The van der Waals surface area contributed by atoms with Gasteiger partial charge in [-0.1, -0.05) is 18.5 Å². The van der Waals surface area contributed by atoms with Crippen LogP contribution in [0.4, 0.5) is 4.39 Å². The summed E-state index contributed by atoms with van der Waals surface area (Å²) in [5.74, 6) is -2.01. The number of carbonyl (C=O) groups is 2. The smallest absolute Gasteiger partial charge is 0.215 e. The Morgan fingerprint density at radius 3 is 2.54 bits per heavy atom. The number of ketones is 2. The standard InChI is InChI=1S/C17H21ClFNO5S/c1-2-3-15(21)11-8-13(17(19)14(18)9-11)16(22)10-20-26(23,24)12-4-6-25-7-5-12/h8-9,12,20H,2-7,10H2,1H3. The van der Waals surface area contributed by atoms with E-state index in [2.05, 4.69) is 4.72 Å². The number of rotatable bonds is 8. The summed E-state index contributed by atoms with van der Waals surface area (Å²) in [5, 5.41) is -0.988. The zero-order valence-corrected chi connectivity index (χ0v) is 16.0. The Balaban J connectivity index is 2.14. The molecule has 0 amide bonds. The van der Waals surface area contributed by atoms with Crippen LogP contribution in [-0.2, 0) is 14.8 Å². The van der Waals surface area contributed by atoms with Gasteiger partial charge in [-0.25, -0.2) is 17.5 Å².